The van der Waals surface area contributed by atoms with Gasteiger partial charge in [-0.3, -0.25) is 4.98 Å². The number of hydrogen-bond donors (Lipinski definition) is 0. The molecule has 0 spiro atoms. The minimum absolute atomic E-state index is 0.0766. The minimum Gasteiger partial charge on any atom is -0.444 e. The lowest BCUT2D eigenvalue weighted by Crippen LogP contribution is -2.11. The smallest absolute Gasteiger partial charge is 0.217 e. The van der Waals surface area contributed by atoms with Crippen molar-refractivity contribution in [2.24, 2.45) is 0 Å². The first-order chi connectivity index (χ1) is 9.58. The van der Waals surface area contributed by atoms with E-state index in [0.717, 1.165) is 22.6 Å². The molecule has 3 heterocycles. The van der Waals surface area contributed by atoms with Crippen molar-refractivity contribution in [2.45, 2.75) is 32.2 Å². The van der Waals surface area contributed by atoms with Gasteiger partial charge in [-0.15, -0.1) is 11.6 Å². The molecule has 3 rings (SSSR count). The summed E-state index contributed by atoms with van der Waals surface area (Å²) in [6.45, 7) is 5.81. The minimum atomic E-state index is -0.207. The third-order valence-electron chi connectivity index (χ3n) is 3.26. The molecule has 104 valence electrons. The monoisotopic (exact) mass is 290 g/mol. The number of aromatic nitrogens is 4. The molecule has 2 atom stereocenters. The topological polar surface area (TPSA) is 56.7 Å². The number of pyridine rings is 1. The van der Waals surface area contributed by atoms with Gasteiger partial charge in [0.05, 0.1) is 23.3 Å². The van der Waals surface area contributed by atoms with Gasteiger partial charge in [0.25, 0.3) is 0 Å². The fourth-order valence-corrected chi connectivity index (χ4v) is 2.49. The van der Waals surface area contributed by atoms with Crippen LogP contribution in [0.5, 0.6) is 0 Å². The Morgan fingerprint density at radius 3 is 2.75 bits per heavy atom. The predicted octanol–water partition coefficient (Wildman–Crippen LogP) is 3.64. The molecule has 3 aromatic rings. The molecule has 0 aliphatic rings. The summed E-state index contributed by atoms with van der Waals surface area (Å²) in [5, 5.41) is -0.207. The maximum Gasteiger partial charge on any atom is 0.217 e. The largest absolute Gasteiger partial charge is 0.444 e. The molecule has 20 heavy (non-hydrogen) atoms. The van der Waals surface area contributed by atoms with E-state index in [1.54, 1.807) is 18.6 Å². The second-order valence-corrected chi connectivity index (χ2v) is 5.46. The van der Waals surface area contributed by atoms with Crippen molar-refractivity contribution in [3.05, 3.63) is 42.1 Å². The van der Waals surface area contributed by atoms with Crippen LogP contribution in [0.25, 0.3) is 11.0 Å². The van der Waals surface area contributed by atoms with Crippen molar-refractivity contribution in [2.75, 3.05) is 0 Å². The predicted molar refractivity (Wildman–Crippen MR) is 76.8 cm³/mol. The summed E-state index contributed by atoms with van der Waals surface area (Å²) in [5.74, 6) is 2.23. The summed E-state index contributed by atoms with van der Waals surface area (Å²) in [6, 6.07) is 1.85. The fraction of sp³-hybridized carbons (Fsp3) is 0.357. The zero-order valence-corrected chi connectivity index (χ0v) is 12.3. The molecule has 2 unspecified atom stereocenters. The Morgan fingerprint density at radius 1 is 1.30 bits per heavy atom. The van der Waals surface area contributed by atoms with Crippen LogP contribution in [0.15, 0.2) is 29.1 Å². The van der Waals surface area contributed by atoms with Crippen molar-refractivity contribution < 1.29 is 4.42 Å². The van der Waals surface area contributed by atoms with E-state index in [2.05, 4.69) is 19.5 Å². The molecule has 0 radical (unpaired) electrons. The van der Waals surface area contributed by atoms with Gasteiger partial charge in [-0.1, -0.05) is 0 Å². The van der Waals surface area contributed by atoms with Crippen LogP contribution in [0.4, 0.5) is 0 Å². The third-order valence-corrected chi connectivity index (χ3v) is 3.45. The van der Waals surface area contributed by atoms with E-state index in [1.165, 1.54) is 0 Å². The summed E-state index contributed by atoms with van der Waals surface area (Å²) in [5.41, 5.74) is 1.80. The number of hydrogen-bond acceptors (Lipinski definition) is 4. The highest BCUT2D eigenvalue weighted by Gasteiger charge is 2.22. The van der Waals surface area contributed by atoms with Crippen LogP contribution in [0, 0.1) is 6.92 Å². The van der Waals surface area contributed by atoms with Crippen LogP contribution in [0.3, 0.4) is 0 Å². The van der Waals surface area contributed by atoms with E-state index < -0.39 is 0 Å². The Labute approximate surface area is 121 Å². The van der Waals surface area contributed by atoms with Crippen LogP contribution in [0.1, 0.15) is 42.7 Å². The van der Waals surface area contributed by atoms with Gasteiger partial charge >= 0.3 is 0 Å². The number of rotatable bonds is 3. The molecule has 0 aromatic carbocycles. The molecule has 5 nitrogen and oxygen atoms in total. The van der Waals surface area contributed by atoms with Gasteiger partial charge in [0.2, 0.25) is 5.89 Å². The van der Waals surface area contributed by atoms with Crippen LogP contribution in [-0.2, 0) is 0 Å². The van der Waals surface area contributed by atoms with E-state index >= 15 is 0 Å². The van der Waals surface area contributed by atoms with Crippen LogP contribution < -0.4 is 0 Å². The van der Waals surface area contributed by atoms with Gasteiger partial charge in [-0.25, -0.2) is 9.97 Å². The van der Waals surface area contributed by atoms with Crippen molar-refractivity contribution in [1.29, 1.82) is 0 Å². The van der Waals surface area contributed by atoms with Gasteiger partial charge < -0.3 is 8.98 Å². The maximum absolute atomic E-state index is 6.26. The molecule has 0 bridgehead atoms. The van der Waals surface area contributed by atoms with Gasteiger partial charge in [-0.2, -0.15) is 0 Å². The molecular weight excluding hydrogens is 276 g/mol. The Hall–Kier alpha value is -1.88. The lowest BCUT2D eigenvalue weighted by Gasteiger charge is -2.15. The average molecular weight is 291 g/mol. The Morgan fingerprint density at radius 2 is 2.10 bits per heavy atom. The van der Waals surface area contributed by atoms with Gasteiger partial charge in [0.15, 0.2) is 0 Å². The third kappa shape index (κ3) is 2.08. The van der Waals surface area contributed by atoms with Gasteiger partial charge in [-0.05, 0) is 26.8 Å². The Bertz CT molecular complexity index is 747. The molecule has 0 amide bonds. The van der Waals surface area contributed by atoms with Crippen LogP contribution >= 0.6 is 11.6 Å². The first kappa shape index (κ1) is 13.1. The second-order valence-electron chi connectivity index (χ2n) is 4.81. The van der Waals surface area contributed by atoms with Gasteiger partial charge in [0.1, 0.15) is 23.1 Å². The standard InChI is InChI=1S/C14H15ClN4O/c1-8-6-17-14(20-8)10(3)19-12-4-5-16-7-11(12)18-13(19)9(2)15/h4-7,9-10H,1-3H3. The molecule has 3 aromatic heterocycles. The second kappa shape index (κ2) is 4.90. The summed E-state index contributed by atoms with van der Waals surface area (Å²) in [4.78, 5) is 13.0. The number of oxazole rings is 1. The van der Waals surface area contributed by atoms with Crippen molar-refractivity contribution in [1.82, 2.24) is 19.5 Å². The van der Waals surface area contributed by atoms with Crippen molar-refractivity contribution in [3.8, 4) is 0 Å². The SMILES string of the molecule is Cc1cnc(C(C)n2c(C(C)Cl)nc3cnccc32)o1. The number of alkyl halides is 1. The number of halogens is 1. The fourth-order valence-electron chi connectivity index (χ4n) is 2.33. The zero-order valence-electron chi connectivity index (χ0n) is 11.5. The summed E-state index contributed by atoms with van der Waals surface area (Å²) < 4.78 is 7.69. The highest BCUT2D eigenvalue weighted by Crippen LogP contribution is 2.30. The quantitative estimate of drug-likeness (QED) is 0.691. The highest BCUT2D eigenvalue weighted by molar-refractivity contribution is 6.20. The number of imidazole rings is 1. The summed E-state index contributed by atoms with van der Waals surface area (Å²) in [7, 11) is 0. The van der Waals surface area contributed by atoms with Crippen molar-refractivity contribution in [3.63, 3.8) is 0 Å². The lowest BCUT2D eigenvalue weighted by molar-refractivity contribution is 0.414. The van der Waals surface area contributed by atoms with E-state index in [1.807, 2.05) is 26.8 Å². The molecule has 0 saturated heterocycles. The van der Waals surface area contributed by atoms with Gasteiger partial charge in [0, 0.05) is 6.20 Å². The van der Waals surface area contributed by atoms with E-state index in [4.69, 9.17) is 16.0 Å². The molecule has 0 N–H and O–H groups in total. The molecular formula is C14H15ClN4O. The van der Waals surface area contributed by atoms with Crippen LogP contribution in [-0.4, -0.2) is 19.5 Å². The average Bonchev–Trinajstić information content (AvgIpc) is 3.01. The zero-order chi connectivity index (χ0) is 14.3. The van der Waals surface area contributed by atoms with E-state index in [-0.39, 0.29) is 11.4 Å². The number of nitrogens with zero attached hydrogens (tertiary/aromatic N) is 4. The Kier molecular flexibility index (Phi) is 3.22. The lowest BCUT2D eigenvalue weighted by atomic mass is 10.3. The summed E-state index contributed by atoms with van der Waals surface area (Å²) >= 11 is 6.26. The molecule has 0 fully saturated rings. The first-order valence-electron chi connectivity index (χ1n) is 6.46. The van der Waals surface area contributed by atoms with Crippen LogP contribution in [0.2, 0.25) is 0 Å². The molecule has 0 saturated carbocycles. The highest BCUT2D eigenvalue weighted by atomic mass is 35.5. The van der Waals surface area contributed by atoms with E-state index in [9.17, 15) is 0 Å². The van der Waals surface area contributed by atoms with Crippen molar-refractivity contribution >= 4 is 22.6 Å². The number of aryl methyl sites for hydroxylation is 1. The summed E-state index contributed by atoms with van der Waals surface area (Å²) in [6.07, 6.45) is 5.20. The number of fused-ring (bicyclic) bond motifs is 1. The molecule has 0 aliphatic heterocycles. The normalized spacial score (nSPS) is 14.6. The van der Waals surface area contributed by atoms with E-state index in [0.29, 0.717) is 5.89 Å². The Balaban J connectivity index is 2.20. The maximum atomic E-state index is 6.26. The molecule has 6 heteroatoms. The first-order valence-corrected chi connectivity index (χ1v) is 6.90. The molecule has 0 aliphatic carbocycles.